The van der Waals surface area contributed by atoms with E-state index in [4.69, 9.17) is 4.74 Å². The van der Waals surface area contributed by atoms with Crippen molar-refractivity contribution in [2.24, 2.45) is 0 Å². The van der Waals surface area contributed by atoms with Gasteiger partial charge in [0, 0.05) is 21.5 Å². The minimum Gasteiger partial charge on any atom is -0.496 e. The molecule has 0 spiro atoms. The quantitative estimate of drug-likeness (QED) is 0.841. The van der Waals surface area contributed by atoms with Gasteiger partial charge in [-0.05, 0) is 41.2 Å². The van der Waals surface area contributed by atoms with Crippen LogP contribution in [-0.2, 0) is 4.74 Å². The highest BCUT2D eigenvalue weighted by molar-refractivity contribution is 9.10. The van der Waals surface area contributed by atoms with Crippen LogP contribution in [0.25, 0.3) is 0 Å². The molecule has 92 valence electrons. The van der Waals surface area contributed by atoms with Crippen molar-refractivity contribution in [2.75, 3.05) is 19.4 Å². The Bertz CT molecular complexity index is 408. The fraction of sp³-hybridized carbons (Fsp3) is 0.385. The van der Waals surface area contributed by atoms with Gasteiger partial charge in [-0.1, -0.05) is 12.1 Å². The van der Waals surface area contributed by atoms with Gasteiger partial charge in [-0.2, -0.15) is 0 Å². The normalized spacial score (nSPS) is 16.5. The number of ether oxygens (including phenoxy) is 1. The Labute approximate surface area is 115 Å². The minimum atomic E-state index is 0.301. The van der Waals surface area contributed by atoms with Crippen LogP contribution in [0.15, 0.2) is 45.5 Å². The van der Waals surface area contributed by atoms with E-state index in [0.717, 1.165) is 29.0 Å². The van der Waals surface area contributed by atoms with Crippen LogP contribution in [0.4, 0.5) is 0 Å². The first-order valence-electron chi connectivity index (χ1n) is 5.68. The molecule has 0 aromatic heterocycles. The highest BCUT2D eigenvalue weighted by Gasteiger charge is 2.17. The van der Waals surface area contributed by atoms with Gasteiger partial charge in [0.05, 0.1) is 12.6 Å². The van der Waals surface area contributed by atoms with Gasteiger partial charge >= 0.3 is 0 Å². The van der Waals surface area contributed by atoms with Crippen LogP contribution in [-0.4, -0.2) is 25.4 Å². The summed E-state index contributed by atoms with van der Waals surface area (Å²) in [5, 5.41) is 3.30. The number of nitrogens with one attached hydrogen (secondary N) is 1. The number of rotatable bonds is 5. The van der Waals surface area contributed by atoms with Crippen LogP contribution in [0, 0.1) is 0 Å². The number of thioether (sulfide) groups is 1. The molecule has 0 radical (unpaired) electrons. The zero-order valence-corrected chi connectivity index (χ0v) is 12.2. The van der Waals surface area contributed by atoms with Gasteiger partial charge in [0.1, 0.15) is 5.76 Å². The van der Waals surface area contributed by atoms with Crippen LogP contribution in [0.1, 0.15) is 6.42 Å². The standard InChI is InChI=1S/C13H16BrNOS/c1-15-11(12-6-4-8-16-12)9-17-13-7-3-2-5-10(13)14/h2-3,5-7,11,15H,4,8-9H2,1H3. The van der Waals surface area contributed by atoms with Crippen molar-refractivity contribution in [3.05, 3.63) is 40.6 Å². The number of halogens is 1. The zero-order chi connectivity index (χ0) is 12.1. The van der Waals surface area contributed by atoms with Crippen LogP contribution >= 0.6 is 27.7 Å². The van der Waals surface area contributed by atoms with E-state index in [1.807, 2.05) is 24.9 Å². The highest BCUT2D eigenvalue weighted by atomic mass is 79.9. The summed E-state index contributed by atoms with van der Waals surface area (Å²) >= 11 is 5.40. The van der Waals surface area contributed by atoms with E-state index in [2.05, 4.69) is 45.5 Å². The molecule has 17 heavy (non-hydrogen) atoms. The van der Waals surface area contributed by atoms with E-state index in [1.54, 1.807) is 0 Å². The van der Waals surface area contributed by atoms with Crippen molar-refractivity contribution in [1.29, 1.82) is 0 Å². The van der Waals surface area contributed by atoms with Crippen molar-refractivity contribution < 1.29 is 4.74 Å². The third-order valence-corrected chi connectivity index (χ3v) is 4.79. The average Bonchev–Trinajstić information content (AvgIpc) is 2.86. The molecule has 1 N–H and O–H groups in total. The second-order valence-electron chi connectivity index (χ2n) is 3.83. The van der Waals surface area contributed by atoms with Crippen LogP contribution < -0.4 is 5.32 Å². The predicted octanol–water partition coefficient (Wildman–Crippen LogP) is 3.43. The Balaban J connectivity index is 1.94. The first kappa shape index (κ1) is 13.0. The van der Waals surface area contributed by atoms with Crippen molar-refractivity contribution in [2.45, 2.75) is 17.4 Å². The summed E-state index contributed by atoms with van der Waals surface area (Å²) in [5.41, 5.74) is 0. The molecule has 1 aliphatic heterocycles. The summed E-state index contributed by atoms with van der Waals surface area (Å²) in [7, 11) is 1.98. The van der Waals surface area contributed by atoms with Crippen LogP contribution in [0.2, 0.25) is 0 Å². The molecule has 2 nitrogen and oxygen atoms in total. The van der Waals surface area contributed by atoms with Gasteiger partial charge in [0.2, 0.25) is 0 Å². The van der Waals surface area contributed by atoms with Gasteiger partial charge in [-0.15, -0.1) is 11.8 Å². The summed E-state index contributed by atoms with van der Waals surface area (Å²) in [6.07, 6.45) is 3.22. The summed E-state index contributed by atoms with van der Waals surface area (Å²) in [4.78, 5) is 1.27. The lowest BCUT2D eigenvalue weighted by Crippen LogP contribution is -2.30. The molecular formula is C13H16BrNOS. The lowest BCUT2D eigenvalue weighted by atomic mass is 10.2. The Morgan fingerprint density at radius 3 is 2.94 bits per heavy atom. The maximum Gasteiger partial charge on any atom is 0.110 e. The van der Waals surface area contributed by atoms with E-state index >= 15 is 0 Å². The third-order valence-electron chi connectivity index (χ3n) is 2.67. The van der Waals surface area contributed by atoms with Gasteiger partial charge in [0.25, 0.3) is 0 Å². The molecule has 0 bridgehead atoms. The zero-order valence-electron chi connectivity index (χ0n) is 9.78. The number of benzene rings is 1. The summed E-state index contributed by atoms with van der Waals surface area (Å²) in [6, 6.07) is 8.60. The largest absolute Gasteiger partial charge is 0.496 e. The Kier molecular flexibility index (Phi) is 4.95. The number of likely N-dealkylation sites (N-methyl/N-ethyl adjacent to an activating group) is 1. The summed E-state index contributed by atoms with van der Waals surface area (Å²) in [5.74, 6) is 2.07. The van der Waals surface area contributed by atoms with Crippen LogP contribution in [0.5, 0.6) is 0 Å². The Morgan fingerprint density at radius 2 is 2.29 bits per heavy atom. The molecule has 0 amide bonds. The summed E-state index contributed by atoms with van der Waals surface area (Å²) < 4.78 is 6.75. The smallest absolute Gasteiger partial charge is 0.110 e. The molecule has 1 atom stereocenters. The second-order valence-corrected chi connectivity index (χ2v) is 5.74. The van der Waals surface area contributed by atoms with Crippen LogP contribution in [0.3, 0.4) is 0 Å². The van der Waals surface area contributed by atoms with E-state index in [9.17, 15) is 0 Å². The fourth-order valence-electron chi connectivity index (χ4n) is 1.72. The van der Waals surface area contributed by atoms with Crippen molar-refractivity contribution in [1.82, 2.24) is 5.32 Å². The first-order chi connectivity index (χ1) is 8.31. The summed E-state index contributed by atoms with van der Waals surface area (Å²) in [6.45, 7) is 0.827. The van der Waals surface area contributed by atoms with E-state index in [-0.39, 0.29) is 0 Å². The molecule has 1 aliphatic rings. The lowest BCUT2D eigenvalue weighted by Gasteiger charge is -2.17. The molecule has 1 aromatic carbocycles. The monoisotopic (exact) mass is 313 g/mol. The van der Waals surface area contributed by atoms with E-state index in [1.165, 1.54) is 4.90 Å². The van der Waals surface area contributed by atoms with E-state index in [0.29, 0.717) is 6.04 Å². The average molecular weight is 314 g/mol. The SMILES string of the molecule is CNC(CSc1ccccc1Br)C1=CCCO1. The van der Waals surface area contributed by atoms with Crippen molar-refractivity contribution >= 4 is 27.7 Å². The molecule has 4 heteroatoms. The lowest BCUT2D eigenvalue weighted by molar-refractivity contribution is 0.222. The predicted molar refractivity (Wildman–Crippen MR) is 76.4 cm³/mol. The molecule has 1 heterocycles. The first-order valence-corrected chi connectivity index (χ1v) is 7.46. The maximum absolute atomic E-state index is 5.60. The Hall–Kier alpha value is -0.450. The molecule has 0 aliphatic carbocycles. The maximum atomic E-state index is 5.60. The Morgan fingerprint density at radius 1 is 1.47 bits per heavy atom. The molecule has 0 fully saturated rings. The topological polar surface area (TPSA) is 21.3 Å². The molecule has 0 saturated heterocycles. The van der Waals surface area contributed by atoms with Crippen molar-refractivity contribution in [3.63, 3.8) is 0 Å². The molecule has 1 unspecified atom stereocenters. The van der Waals surface area contributed by atoms with Gasteiger partial charge in [-0.3, -0.25) is 0 Å². The van der Waals surface area contributed by atoms with Gasteiger partial charge in [0.15, 0.2) is 0 Å². The van der Waals surface area contributed by atoms with Gasteiger partial charge in [-0.25, -0.2) is 0 Å². The highest BCUT2D eigenvalue weighted by Crippen LogP contribution is 2.29. The third kappa shape index (κ3) is 3.50. The molecule has 0 saturated carbocycles. The molecule has 1 aromatic rings. The van der Waals surface area contributed by atoms with Crippen molar-refractivity contribution in [3.8, 4) is 0 Å². The molecular weight excluding hydrogens is 298 g/mol. The number of hydrogen-bond donors (Lipinski definition) is 1. The van der Waals surface area contributed by atoms with Gasteiger partial charge < -0.3 is 10.1 Å². The second kappa shape index (κ2) is 6.47. The minimum absolute atomic E-state index is 0.301. The number of hydrogen-bond acceptors (Lipinski definition) is 3. The fourth-order valence-corrected chi connectivity index (χ4v) is 3.41. The molecule has 2 rings (SSSR count). The van der Waals surface area contributed by atoms with E-state index < -0.39 is 0 Å².